The van der Waals surface area contributed by atoms with Crippen LogP contribution >= 0.6 is 11.8 Å². The van der Waals surface area contributed by atoms with E-state index in [1.54, 1.807) is 12.2 Å². The van der Waals surface area contributed by atoms with E-state index < -0.39 is 11.6 Å². The number of ketones is 1. The predicted molar refractivity (Wildman–Crippen MR) is 133 cm³/mol. The summed E-state index contributed by atoms with van der Waals surface area (Å²) in [6.07, 6.45) is 8.38. The van der Waals surface area contributed by atoms with Crippen molar-refractivity contribution in [2.45, 2.75) is 70.8 Å². The van der Waals surface area contributed by atoms with E-state index in [-0.39, 0.29) is 5.78 Å². The fourth-order valence-electron chi connectivity index (χ4n) is 3.24. The first kappa shape index (κ1) is 25.7. The van der Waals surface area contributed by atoms with Crippen molar-refractivity contribution in [2.24, 2.45) is 0 Å². The molecule has 0 spiro atoms. The molecule has 2 aromatic carbocycles. The van der Waals surface area contributed by atoms with E-state index in [0.29, 0.717) is 11.3 Å². The van der Waals surface area contributed by atoms with Gasteiger partial charge in [0.25, 0.3) is 0 Å². The van der Waals surface area contributed by atoms with Crippen LogP contribution < -0.4 is 4.74 Å². The molecule has 0 aliphatic carbocycles. The van der Waals surface area contributed by atoms with Crippen LogP contribution in [0, 0.1) is 13.8 Å². The second-order valence-electron chi connectivity index (χ2n) is 8.53. The van der Waals surface area contributed by atoms with Crippen LogP contribution in [0.4, 0.5) is 0 Å². The maximum Gasteiger partial charge on any atom is 0.347 e. The number of aliphatic carboxylic acids is 1. The SMILES string of the molecule is CCCCCCSc1ccc(C(=O)/C=C/c2cc(C)c(OC(C)(C)C(=O)O)c(C)c2)cc1. The Labute approximate surface area is 196 Å². The van der Waals surface area contributed by atoms with Gasteiger partial charge in [-0.1, -0.05) is 32.3 Å². The zero-order valence-electron chi connectivity index (χ0n) is 19.7. The molecule has 0 unspecified atom stereocenters. The van der Waals surface area contributed by atoms with E-state index in [2.05, 4.69) is 6.92 Å². The molecule has 32 heavy (non-hydrogen) atoms. The highest BCUT2D eigenvalue weighted by molar-refractivity contribution is 7.99. The summed E-state index contributed by atoms with van der Waals surface area (Å²) in [5, 5.41) is 9.31. The zero-order valence-corrected chi connectivity index (χ0v) is 20.6. The Bertz CT molecular complexity index is 935. The Morgan fingerprint density at radius 1 is 1.03 bits per heavy atom. The number of carbonyl (C=O) groups excluding carboxylic acids is 1. The summed E-state index contributed by atoms with van der Waals surface area (Å²) in [7, 11) is 0. The average Bonchev–Trinajstić information content (AvgIpc) is 2.75. The zero-order chi connectivity index (χ0) is 23.7. The normalized spacial score (nSPS) is 11.7. The monoisotopic (exact) mass is 454 g/mol. The number of benzene rings is 2. The molecule has 4 nitrogen and oxygen atoms in total. The van der Waals surface area contributed by atoms with Crippen molar-refractivity contribution in [3.8, 4) is 5.75 Å². The van der Waals surface area contributed by atoms with E-state index in [0.717, 1.165) is 22.4 Å². The Morgan fingerprint density at radius 2 is 1.66 bits per heavy atom. The van der Waals surface area contributed by atoms with Crippen LogP contribution in [0.15, 0.2) is 47.4 Å². The molecular formula is C27H34O4S. The van der Waals surface area contributed by atoms with Gasteiger partial charge >= 0.3 is 5.97 Å². The number of hydrogen-bond acceptors (Lipinski definition) is 4. The minimum absolute atomic E-state index is 0.0489. The minimum Gasteiger partial charge on any atom is -0.478 e. The third-order valence-electron chi connectivity index (χ3n) is 5.19. The first-order valence-corrected chi connectivity index (χ1v) is 12.1. The molecule has 0 aliphatic rings. The van der Waals surface area contributed by atoms with Crippen LogP contribution in [0.25, 0.3) is 6.08 Å². The Morgan fingerprint density at radius 3 is 2.22 bits per heavy atom. The number of thioether (sulfide) groups is 1. The van der Waals surface area contributed by atoms with E-state index in [9.17, 15) is 14.7 Å². The fourth-order valence-corrected chi connectivity index (χ4v) is 4.15. The molecule has 2 rings (SSSR count). The van der Waals surface area contributed by atoms with E-state index in [4.69, 9.17) is 4.74 Å². The molecule has 0 saturated heterocycles. The number of carboxylic acids is 1. The Balaban J connectivity index is 2.02. The summed E-state index contributed by atoms with van der Waals surface area (Å²) in [5.41, 5.74) is 1.86. The number of ether oxygens (including phenoxy) is 1. The van der Waals surface area contributed by atoms with Gasteiger partial charge in [0.05, 0.1) is 0 Å². The maximum atomic E-state index is 12.6. The summed E-state index contributed by atoms with van der Waals surface area (Å²) in [5.74, 6) is 0.595. The number of hydrogen-bond donors (Lipinski definition) is 1. The van der Waals surface area contributed by atoms with E-state index >= 15 is 0 Å². The number of rotatable bonds is 12. The van der Waals surface area contributed by atoms with Gasteiger partial charge in [0.2, 0.25) is 0 Å². The Kier molecular flexibility index (Phi) is 9.58. The molecule has 0 amide bonds. The van der Waals surface area contributed by atoms with Gasteiger partial charge in [0.15, 0.2) is 11.4 Å². The standard InChI is InChI=1S/C27H34O4S/c1-6-7-8-9-16-32-23-13-11-22(12-14-23)24(28)15-10-21-17-19(2)25(20(3)18-21)31-27(4,5)26(29)30/h10-15,17-18H,6-9,16H2,1-5H3,(H,29,30)/b15-10+. The summed E-state index contributed by atoms with van der Waals surface area (Å²) in [6, 6.07) is 11.6. The molecule has 0 atom stereocenters. The Hall–Kier alpha value is -2.53. The summed E-state index contributed by atoms with van der Waals surface area (Å²) >= 11 is 1.83. The van der Waals surface area contributed by atoms with Gasteiger partial charge in [-0.3, -0.25) is 4.79 Å². The summed E-state index contributed by atoms with van der Waals surface area (Å²) in [6.45, 7) is 9.01. The lowest BCUT2D eigenvalue weighted by atomic mass is 10.0. The van der Waals surface area contributed by atoms with E-state index in [1.165, 1.54) is 44.4 Å². The largest absolute Gasteiger partial charge is 0.478 e. The van der Waals surface area contributed by atoms with Crippen molar-refractivity contribution in [1.29, 1.82) is 0 Å². The molecule has 0 aliphatic heterocycles. The lowest BCUT2D eigenvalue weighted by molar-refractivity contribution is -0.152. The van der Waals surface area contributed by atoms with Crippen molar-refractivity contribution in [1.82, 2.24) is 0 Å². The molecule has 0 saturated carbocycles. The lowest BCUT2D eigenvalue weighted by Gasteiger charge is -2.24. The lowest BCUT2D eigenvalue weighted by Crippen LogP contribution is -2.38. The first-order valence-electron chi connectivity index (χ1n) is 11.1. The predicted octanol–water partition coefficient (Wildman–Crippen LogP) is 7.11. The van der Waals surface area contributed by atoms with Gasteiger partial charge in [0, 0.05) is 10.5 Å². The van der Waals surface area contributed by atoms with Crippen LogP contribution in [-0.4, -0.2) is 28.2 Å². The molecule has 5 heteroatoms. The molecule has 172 valence electrons. The highest BCUT2D eigenvalue weighted by Gasteiger charge is 2.30. The van der Waals surface area contributed by atoms with Gasteiger partial charge in [-0.05, 0) is 99.0 Å². The second kappa shape index (κ2) is 11.9. The molecule has 0 aromatic heterocycles. The number of allylic oxidation sites excluding steroid dienone is 1. The topological polar surface area (TPSA) is 63.6 Å². The molecular weight excluding hydrogens is 420 g/mol. The average molecular weight is 455 g/mol. The summed E-state index contributed by atoms with van der Waals surface area (Å²) in [4.78, 5) is 25.1. The third kappa shape index (κ3) is 7.56. The van der Waals surface area contributed by atoms with E-state index in [1.807, 2.05) is 62.0 Å². The third-order valence-corrected chi connectivity index (χ3v) is 6.29. The molecule has 1 N–H and O–H groups in total. The van der Waals surface area contributed by atoms with Gasteiger partial charge < -0.3 is 9.84 Å². The van der Waals surface area contributed by atoms with Gasteiger partial charge in [-0.25, -0.2) is 4.79 Å². The van der Waals surface area contributed by atoms with Crippen LogP contribution in [0.5, 0.6) is 5.75 Å². The van der Waals surface area contributed by atoms with Crippen molar-refractivity contribution in [3.05, 3.63) is 64.7 Å². The van der Waals surface area contributed by atoms with Crippen LogP contribution in [0.3, 0.4) is 0 Å². The van der Waals surface area contributed by atoms with Crippen LogP contribution in [0.1, 0.15) is 73.5 Å². The van der Waals surface area contributed by atoms with Crippen molar-refractivity contribution < 1.29 is 19.4 Å². The molecule has 0 fully saturated rings. The number of aryl methyl sites for hydroxylation is 2. The molecule has 0 radical (unpaired) electrons. The van der Waals surface area contributed by atoms with Crippen molar-refractivity contribution in [3.63, 3.8) is 0 Å². The molecule has 0 heterocycles. The van der Waals surface area contributed by atoms with Crippen LogP contribution in [-0.2, 0) is 4.79 Å². The smallest absolute Gasteiger partial charge is 0.347 e. The summed E-state index contributed by atoms with van der Waals surface area (Å²) < 4.78 is 5.74. The van der Waals surface area contributed by atoms with Crippen LogP contribution in [0.2, 0.25) is 0 Å². The van der Waals surface area contributed by atoms with Crippen molar-refractivity contribution >= 4 is 29.6 Å². The molecule has 0 bridgehead atoms. The molecule has 2 aromatic rings. The highest BCUT2D eigenvalue weighted by atomic mass is 32.2. The fraction of sp³-hybridized carbons (Fsp3) is 0.407. The quantitative estimate of drug-likeness (QED) is 0.160. The second-order valence-corrected chi connectivity index (χ2v) is 9.70. The number of carbonyl (C=O) groups is 2. The minimum atomic E-state index is -1.32. The maximum absolute atomic E-state index is 12.6. The highest BCUT2D eigenvalue weighted by Crippen LogP contribution is 2.29. The number of unbranched alkanes of at least 4 members (excludes halogenated alkanes) is 3. The van der Waals surface area contributed by atoms with Gasteiger partial charge in [0.1, 0.15) is 5.75 Å². The van der Waals surface area contributed by atoms with Gasteiger partial charge in [-0.15, -0.1) is 11.8 Å². The van der Waals surface area contributed by atoms with Crippen molar-refractivity contribution in [2.75, 3.05) is 5.75 Å². The number of carboxylic acid groups (broad SMARTS) is 1. The first-order chi connectivity index (χ1) is 15.1. The van der Waals surface area contributed by atoms with Gasteiger partial charge in [-0.2, -0.15) is 0 Å².